The average Bonchev–Trinajstić information content (AvgIpc) is 3.21. The third-order valence-corrected chi connectivity index (χ3v) is 5.80. The maximum atomic E-state index is 5.43. The number of benzene rings is 1. The second kappa shape index (κ2) is 5.29. The molecule has 3 aliphatic rings. The van der Waals surface area contributed by atoms with Crippen molar-refractivity contribution in [2.75, 3.05) is 20.2 Å². The maximum Gasteiger partial charge on any atom is 0.119 e. The Kier molecular flexibility index (Phi) is 3.43. The molecule has 1 heterocycles. The molecular weight excluding hydrogens is 260 g/mol. The van der Waals surface area contributed by atoms with Gasteiger partial charge in [-0.15, -0.1) is 0 Å². The lowest BCUT2D eigenvalue weighted by atomic mass is 10.0. The first-order valence-electron chi connectivity index (χ1n) is 8.46. The van der Waals surface area contributed by atoms with Gasteiger partial charge in [0.1, 0.15) is 5.75 Å². The van der Waals surface area contributed by atoms with Crippen LogP contribution in [0, 0.1) is 5.92 Å². The molecule has 0 amide bonds. The predicted octanol–water partition coefficient (Wildman–Crippen LogP) is 2.75. The van der Waals surface area contributed by atoms with E-state index < -0.39 is 0 Å². The van der Waals surface area contributed by atoms with Crippen LogP contribution in [0.1, 0.15) is 43.4 Å². The molecule has 1 saturated carbocycles. The lowest BCUT2D eigenvalue weighted by molar-refractivity contribution is 0.126. The number of ether oxygens (including phenoxy) is 1. The van der Waals surface area contributed by atoms with E-state index in [1.807, 2.05) is 0 Å². The van der Waals surface area contributed by atoms with Gasteiger partial charge in [0.15, 0.2) is 0 Å². The van der Waals surface area contributed by atoms with Gasteiger partial charge in [0.2, 0.25) is 0 Å². The Morgan fingerprint density at radius 2 is 2.24 bits per heavy atom. The summed E-state index contributed by atoms with van der Waals surface area (Å²) in [6.07, 6.45) is 5.51. The summed E-state index contributed by atoms with van der Waals surface area (Å²) in [6, 6.07) is 8.59. The summed E-state index contributed by atoms with van der Waals surface area (Å²) in [4.78, 5) is 2.81. The van der Waals surface area contributed by atoms with Crippen molar-refractivity contribution in [3.8, 4) is 5.75 Å². The summed E-state index contributed by atoms with van der Waals surface area (Å²) >= 11 is 0. The molecule has 0 spiro atoms. The Morgan fingerprint density at radius 3 is 2.90 bits per heavy atom. The van der Waals surface area contributed by atoms with Crippen molar-refractivity contribution in [2.24, 2.45) is 5.92 Å². The van der Waals surface area contributed by atoms with Crippen LogP contribution in [-0.4, -0.2) is 37.2 Å². The van der Waals surface area contributed by atoms with E-state index >= 15 is 0 Å². The molecule has 2 fully saturated rings. The standard InChI is InChI=1S/C18H26N2O/c1-3-19-18-16-10-15(21-2)7-5-13(16)9-17(18)20-11-12-4-6-14(20)8-12/h5,7,10,12,14,17-19H,3-4,6,8-9,11H2,1-2H3. The molecule has 4 atom stereocenters. The van der Waals surface area contributed by atoms with Crippen molar-refractivity contribution >= 4 is 0 Å². The van der Waals surface area contributed by atoms with Crippen LogP contribution in [0.15, 0.2) is 18.2 Å². The number of rotatable bonds is 4. The predicted molar refractivity (Wildman–Crippen MR) is 84.7 cm³/mol. The van der Waals surface area contributed by atoms with Crippen LogP contribution in [0.3, 0.4) is 0 Å². The van der Waals surface area contributed by atoms with Gasteiger partial charge in [-0.25, -0.2) is 0 Å². The van der Waals surface area contributed by atoms with Gasteiger partial charge in [-0.3, -0.25) is 4.90 Å². The normalized spacial score (nSPS) is 34.4. The fraction of sp³-hybridized carbons (Fsp3) is 0.667. The quantitative estimate of drug-likeness (QED) is 0.921. The summed E-state index contributed by atoms with van der Waals surface area (Å²) in [5, 5.41) is 3.74. The third-order valence-electron chi connectivity index (χ3n) is 5.80. The lowest BCUT2D eigenvalue weighted by Crippen LogP contribution is -2.46. The van der Waals surface area contributed by atoms with Gasteiger partial charge in [0, 0.05) is 24.7 Å². The summed E-state index contributed by atoms with van der Waals surface area (Å²) in [5.41, 5.74) is 2.97. The number of hydrogen-bond acceptors (Lipinski definition) is 3. The molecule has 1 aromatic rings. The minimum Gasteiger partial charge on any atom is -0.497 e. The van der Waals surface area contributed by atoms with Crippen LogP contribution in [0.25, 0.3) is 0 Å². The molecule has 1 N–H and O–H groups in total. The fourth-order valence-corrected chi connectivity index (χ4v) is 4.87. The SMILES string of the molecule is CCNC1c2cc(OC)ccc2CC1N1CC2CCC1C2. The van der Waals surface area contributed by atoms with Crippen molar-refractivity contribution in [1.82, 2.24) is 10.2 Å². The molecule has 0 radical (unpaired) electrons. The van der Waals surface area contributed by atoms with Crippen molar-refractivity contribution in [1.29, 1.82) is 0 Å². The zero-order valence-corrected chi connectivity index (χ0v) is 13.1. The van der Waals surface area contributed by atoms with Gasteiger partial charge >= 0.3 is 0 Å². The molecular formula is C18H26N2O. The second-order valence-corrected chi connectivity index (χ2v) is 6.90. The summed E-state index contributed by atoms with van der Waals surface area (Å²) in [6.45, 7) is 4.56. The Morgan fingerprint density at radius 1 is 1.33 bits per heavy atom. The minimum atomic E-state index is 0.472. The number of likely N-dealkylation sites (N-methyl/N-ethyl adjacent to an activating group) is 1. The number of nitrogens with one attached hydrogen (secondary N) is 1. The zero-order valence-electron chi connectivity index (χ0n) is 13.1. The van der Waals surface area contributed by atoms with E-state index in [1.165, 1.54) is 43.4 Å². The van der Waals surface area contributed by atoms with Crippen molar-refractivity contribution in [3.63, 3.8) is 0 Å². The van der Waals surface area contributed by atoms with Gasteiger partial charge in [-0.2, -0.15) is 0 Å². The highest BCUT2D eigenvalue weighted by molar-refractivity contribution is 5.43. The van der Waals surface area contributed by atoms with E-state index in [0.29, 0.717) is 12.1 Å². The smallest absolute Gasteiger partial charge is 0.119 e. The second-order valence-electron chi connectivity index (χ2n) is 6.90. The summed E-state index contributed by atoms with van der Waals surface area (Å²) in [5.74, 6) is 1.95. The minimum absolute atomic E-state index is 0.472. The van der Waals surface area contributed by atoms with Crippen LogP contribution in [0.5, 0.6) is 5.75 Å². The van der Waals surface area contributed by atoms with Gasteiger partial charge in [0.05, 0.1) is 7.11 Å². The molecule has 3 heteroatoms. The molecule has 21 heavy (non-hydrogen) atoms. The highest BCUT2D eigenvalue weighted by Crippen LogP contribution is 2.44. The highest BCUT2D eigenvalue weighted by Gasteiger charge is 2.45. The van der Waals surface area contributed by atoms with E-state index in [1.54, 1.807) is 7.11 Å². The lowest BCUT2D eigenvalue weighted by Gasteiger charge is -2.36. The third kappa shape index (κ3) is 2.18. The number of fused-ring (bicyclic) bond motifs is 3. The Bertz CT molecular complexity index is 530. The number of piperidine rings is 1. The Labute approximate surface area is 127 Å². The molecule has 1 aliphatic heterocycles. The molecule has 0 aromatic heterocycles. The Balaban J connectivity index is 1.63. The zero-order chi connectivity index (χ0) is 14.4. The average molecular weight is 286 g/mol. The van der Waals surface area contributed by atoms with Crippen LogP contribution >= 0.6 is 0 Å². The Hall–Kier alpha value is -1.06. The monoisotopic (exact) mass is 286 g/mol. The van der Waals surface area contributed by atoms with E-state index in [-0.39, 0.29) is 0 Å². The molecule has 1 aromatic carbocycles. The van der Waals surface area contributed by atoms with Crippen molar-refractivity contribution < 1.29 is 4.74 Å². The molecule has 4 unspecified atom stereocenters. The van der Waals surface area contributed by atoms with E-state index in [2.05, 4.69) is 35.3 Å². The van der Waals surface area contributed by atoms with Crippen LogP contribution in [-0.2, 0) is 6.42 Å². The van der Waals surface area contributed by atoms with E-state index in [0.717, 1.165) is 24.3 Å². The van der Waals surface area contributed by atoms with Gasteiger partial charge < -0.3 is 10.1 Å². The number of hydrogen-bond donors (Lipinski definition) is 1. The number of nitrogens with zero attached hydrogens (tertiary/aromatic N) is 1. The molecule has 1 saturated heterocycles. The van der Waals surface area contributed by atoms with Gasteiger partial charge in [0.25, 0.3) is 0 Å². The van der Waals surface area contributed by atoms with E-state index in [9.17, 15) is 0 Å². The topological polar surface area (TPSA) is 24.5 Å². The fourth-order valence-electron chi connectivity index (χ4n) is 4.87. The first kappa shape index (κ1) is 13.6. The molecule has 114 valence electrons. The molecule has 3 nitrogen and oxygen atoms in total. The molecule has 2 aliphatic carbocycles. The van der Waals surface area contributed by atoms with Crippen LogP contribution < -0.4 is 10.1 Å². The summed E-state index contributed by atoms with van der Waals surface area (Å²) in [7, 11) is 1.76. The number of likely N-dealkylation sites (tertiary alicyclic amines) is 1. The highest BCUT2D eigenvalue weighted by atomic mass is 16.5. The molecule has 4 rings (SSSR count). The van der Waals surface area contributed by atoms with Crippen LogP contribution in [0.2, 0.25) is 0 Å². The maximum absolute atomic E-state index is 5.43. The first-order valence-corrected chi connectivity index (χ1v) is 8.46. The van der Waals surface area contributed by atoms with Gasteiger partial charge in [-0.05, 0) is 61.4 Å². The largest absolute Gasteiger partial charge is 0.497 e. The van der Waals surface area contributed by atoms with Crippen LogP contribution in [0.4, 0.5) is 0 Å². The molecule has 2 bridgehead atoms. The van der Waals surface area contributed by atoms with E-state index in [4.69, 9.17) is 4.74 Å². The van der Waals surface area contributed by atoms with Crippen molar-refractivity contribution in [2.45, 2.75) is 50.7 Å². The first-order chi connectivity index (χ1) is 10.3. The van der Waals surface area contributed by atoms with Crippen molar-refractivity contribution in [3.05, 3.63) is 29.3 Å². The van der Waals surface area contributed by atoms with Gasteiger partial charge in [-0.1, -0.05) is 13.0 Å². The summed E-state index contributed by atoms with van der Waals surface area (Å²) < 4.78 is 5.43. The number of methoxy groups -OCH3 is 1.